The van der Waals surface area contributed by atoms with Crippen molar-refractivity contribution in [2.45, 2.75) is 12.8 Å². The third-order valence-corrected chi connectivity index (χ3v) is 2.60. The fourth-order valence-corrected chi connectivity index (χ4v) is 1.69. The lowest BCUT2D eigenvalue weighted by atomic mass is 10.1. The van der Waals surface area contributed by atoms with E-state index in [0.717, 1.165) is 0 Å². The Hall–Kier alpha value is -0.860. The summed E-state index contributed by atoms with van der Waals surface area (Å²) >= 11 is 1.59. The van der Waals surface area contributed by atoms with Gasteiger partial charge in [0, 0.05) is 5.56 Å². The van der Waals surface area contributed by atoms with Gasteiger partial charge >= 0.3 is 5.97 Å². The van der Waals surface area contributed by atoms with Crippen LogP contribution in [0.3, 0.4) is 0 Å². The van der Waals surface area contributed by atoms with Gasteiger partial charge in [0.05, 0.1) is 18.2 Å². The molecule has 1 aromatic heterocycles. The highest BCUT2D eigenvalue weighted by molar-refractivity contribution is 14.1. The quantitative estimate of drug-likeness (QED) is 0.684. The number of carboxylic acid groups (broad SMARTS) is 1. The monoisotopic (exact) mass is 331 g/mol. The predicted octanol–water partition coefficient (Wildman–Crippen LogP) is 2.39. The minimum atomic E-state index is -3.05. The summed E-state index contributed by atoms with van der Waals surface area (Å²) in [6.45, 7) is 0. The maximum absolute atomic E-state index is 13.0. The van der Waals surface area contributed by atoms with Gasteiger partial charge in [0.1, 0.15) is 3.70 Å². The summed E-state index contributed by atoms with van der Waals surface area (Å²) in [7, 11) is 0. The van der Waals surface area contributed by atoms with Gasteiger partial charge in [-0.1, -0.05) is 0 Å². The van der Waals surface area contributed by atoms with Crippen molar-refractivity contribution in [1.29, 1.82) is 0 Å². The second kappa shape index (κ2) is 4.77. The first-order valence-corrected chi connectivity index (χ1v) is 4.84. The molecule has 0 spiro atoms. The molecule has 1 N–H and O–H groups in total. The predicted molar refractivity (Wildman–Crippen MR) is 53.2 cm³/mol. The van der Waals surface area contributed by atoms with Gasteiger partial charge in [0.2, 0.25) is 0 Å². The van der Waals surface area contributed by atoms with Crippen LogP contribution in [0.5, 0.6) is 0 Å². The standard InChI is InChI=1S/C8H5F3INO2/c9-4-2-13-8(12)3(1-5(14)15)6(4)7(10)11/h2,7H,1H2,(H,14,15). The fraction of sp³-hybridized carbons (Fsp3) is 0.250. The fourth-order valence-electron chi connectivity index (χ4n) is 1.07. The zero-order valence-electron chi connectivity index (χ0n) is 7.18. The van der Waals surface area contributed by atoms with Gasteiger partial charge in [-0.15, -0.1) is 0 Å². The maximum atomic E-state index is 13.0. The van der Waals surface area contributed by atoms with Crippen LogP contribution in [-0.2, 0) is 11.2 Å². The molecule has 0 unspecified atom stereocenters. The van der Waals surface area contributed by atoms with Crippen molar-refractivity contribution in [3.05, 3.63) is 26.8 Å². The number of hydrogen-bond acceptors (Lipinski definition) is 2. The van der Waals surface area contributed by atoms with Gasteiger partial charge in [-0.05, 0) is 22.6 Å². The average Bonchev–Trinajstić information content (AvgIpc) is 2.10. The Morgan fingerprint density at radius 2 is 2.20 bits per heavy atom. The molecule has 7 heteroatoms. The van der Waals surface area contributed by atoms with Crippen molar-refractivity contribution in [3.63, 3.8) is 0 Å². The second-order valence-electron chi connectivity index (χ2n) is 2.66. The van der Waals surface area contributed by atoms with Crippen LogP contribution >= 0.6 is 22.6 Å². The number of hydrogen-bond donors (Lipinski definition) is 1. The highest BCUT2D eigenvalue weighted by Gasteiger charge is 2.22. The van der Waals surface area contributed by atoms with Crippen LogP contribution in [0.15, 0.2) is 6.20 Å². The summed E-state index contributed by atoms with van der Waals surface area (Å²) < 4.78 is 38.0. The number of halogens is 4. The van der Waals surface area contributed by atoms with E-state index in [-0.39, 0.29) is 9.26 Å². The molecular formula is C8H5F3INO2. The molecule has 0 fully saturated rings. The Kier molecular flexibility index (Phi) is 3.89. The van der Waals surface area contributed by atoms with Crippen molar-refractivity contribution in [2.75, 3.05) is 0 Å². The Morgan fingerprint density at radius 1 is 1.60 bits per heavy atom. The molecule has 0 amide bonds. The second-order valence-corrected chi connectivity index (χ2v) is 3.68. The highest BCUT2D eigenvalue weighted by atomic mass is 127. The van der Waals surface area contributed by atoms with Gasteiger partial charge in [-0.25, -0.2) is 18.2 Å². The smallest absolute Gasteiger partial charge is 0.307 e. The van der Waals surface area contributed by atoms with E-state index < -0.39 is 30.2 Å². The van der Waals surface area contributed by atoms with Crippen LogP contribution in [-0.4, -0.2) is 16.1 Å². The molecule has 0 aromatic carbocycles. The normalized spacial score (nSPS) is 10.7. The van der Waals surface area contributed by atoms with Crippen molar-refractivity contribution >= 4 is 28.6 Å². The lowest BCUT2D eigenvalue weighted by Gasteiger charge is -2.09. The van der Waals surface area contributed by atoms with Crippen molar-refractivity contribution in [2.24, 2.45) is 0 Å². The SMILES string of the molecule is O=C(O)Cc1c(I)ncc(F)c1C(F)F. The first-order chi connectivity index (χ1) is 6.93. The topological polar surface area (TPSA) is 50.2 Å². The number of carbonyl (C=O) groups is 1. The Balaban J connectivity index is 3.31. The summed E-state index contributed by atoms with van der Waals surface area (Å²) in [6.07, 6.45) is -3.05. The van der Waals surface area contributed by atoms with E-state index in [4.69, 9.17) is 5.11 Å². The molecule has 0 radical (unpaired) electrons. The first-order valence-electron chi connectivity index (χ1n) is 3.76. The summed E-state index contributed by atoms with van der Waals surface area (Å²) in [6, 6.07) is 0. The minimum absolute atomic E-state index is 0.0756. The van der Waals surface area contributed by atoms with E-state index in [1.165, 1.54) is 0 Å². The molecule has 0 saturated carbocycles. The summed E-state index contributed by atoms with van der Waals surface area (Å²) in [5.74, 6) is -2.48. The van der Waals surface area contributed by atoms with Gasteiger partial charge in [-0.2, -0.15) is 0 Å². The highest BCUT2D eigenvalue weighted by Crippen LogP contribution is 2.28. The average molecular weight is 331 g/mol. The van der Waals surface area contributed by atoms with Gasteiger partial charge in [0.15, 0.2) is 5.82 Å². The zero-order chi connectivity index (χ0) is 11.6. The van der Waals surface area contributed by atoms with Gasteiger partial charge < -0.3 is 5.11 Å². The van der Waals surface area contributed by atoms with Crippen molar-refractivity contribution in [1.82, 2.24) is 4.98 Å². The lowest BCUT2D eigenvalue weighted by molar-refractivity contribution is -0.136. The number of rotatable bonds is 3. The van der Waals surface area contributed by atoms with Crippen molar-refractivity contribution < 1.29 is 23.1 Å². The van der Waals surface area contributed by atoms with Crippen LogP contribution < -0.4 is 0 Å². The van der Waals surface area contributed by atoms with E-state index in [9.17, 15) is 18.0 Å². The third-order valence-electron chi connectivity index (χ3n) is 1.67. The third kappa shape index (κ3) is 2.80. The molecule has 1 heterocycles. The van der Waals surface area contributed by atoms with E-state index in [1.54, 1.807) is 22.6 Å². The van der Waals surface area contributed by atoms with Gasteiger partial charge in [0.25, 0.3) is 6.43 Å². The largest absolute Gasteiger partial charge is 0.481 e. The van der Waals surface area contributed by atoms with Crippen LogP contribution in [0.25, 0.3) is 0 Å². The van der Waals surface area contributed by atoms with Gasteiger partial charge in [-0.3, -0.25) is 4.79 Å². The maximum Gasteiger partial charge on any atom is 0.307 e. The molecule has 15 heavy (non-hydrogen) atoms. The molecule has 1 rings (SSSR count). The van der Waals surface area contributed by atoms with Crippen LogP contribution in [0.1, 0.15) is 17.6 Å². The molecule has 1 aromatic rings. The number of aromatic nitrogens is 1. The lowest BCUT2D eigenvalue weighted by Crippen LogP contribution is -2.09. The molecule has 0 aliphatic heterocycles. The Labute approximate surface area is 96.5 Å². The number of aliphatic carboxylic acids is 1. The molecule has 82 valence electrons. The molecular weight excluding hydrogens is 326 g/mol. The number of alkyl halides is 2. The molecule has 3 nitrogen and oxygen atoms in total. The first kappa shape index (κ1) is 12.2. The molecule has 0 bridgehead atoms. The van der Waals surface area contributed by atoms with Crippen molar-refractivity contribution in [3.8, 4) is 0 Å². The molecule has 0 saturated heterocycles. The number of pyridine rings is 1. The summed E-state index contributed by atoms with van der Waals surface area (Å²) in [5.41, 5.74) is -1.14. The van der Waals surface area contributed by atoms with Crippen LogP contribution in [0, 0.1) is 9.52 Å². The van der Waals surface area contributed by atoms with E-state index in [2.05, 4.69) is 4.98 Å². The molecule has 0 aliphatic rings. The summed E-state index contributed by atoms with van der Waals surface area (Å²) in [4.78, 5) is 13.9. The summed E-state index contributed by atoms with van der Waals surface area (Å²) in [5, 5.41) is 8.49. The molecule has 0 atom stereocenters. The number of carboxylic acids is 1. The number of nitrogens with zero attached hydrogens (tertiary/aromatic N) is 1. The molecule has 0 aliphatic carbocycles. The van der Waals surface area contributed by atoms with E-state index >= 15 is 0 Å². The Bertz CT molecular complexity index is 398. The minimum Gasteiger partial charge on any atom is -0.481 e. The van der Waals surface area contributed by atoms with E-state index in [0.29, 0.717) is 6.20 Å². The van der Waals surface area contributed by atoms with Crippen LogP contribution in [0.4, 0.5) is 13.2 Å². The zero-order valence-corrected chi connectivity index (χ0v) is 9.33. The van der Waals surface area contributed by atoms with E-state index in [1.807, 2.05) is 0 Å². The van der Waals surface area contributed by atoms with Crippen LogP contribution in [0.2, 0.25) is 0 Å². The Morgan fingerprint density at radius 3 is 2.67 bits per heavy atom.